The molecule has 0 amide bonds. The third-order valence-corrected chi connectivity index (χ3v) is 4.09. The lowest BCUT2D eigenvalue weighted by atomic mass is 9.98. The van der Waals surface area contributed by atoms with Crippen molar-refractivity contribution in [3.63, 3.8) is 0 Å². The van der Waals surface area contributed by atoms with Crippen molar-refractivity contribution in [3.8, 4) is 0 Å². The Bertz CT molecular complexity index is 198. The van der Waals surface area contributed by atoms with Crippen LogP contribution < -0.4 is 5.32 Å². The topological polar surface area (TPSA) is 24.5 Å². The van der Waals surface area contributed by atoms with E-state index in [4.69, 9.17) is 4.74 Å². The second kappa shape index (κ2) is 6.58. The summed E-state index contributed by atoms with van der Waals surface area (Å²) in [5.41, 5.74) is 0. The van der Waals surface area contributed by atoms with Crippen LogP contribution in [0.5, 0.6) is 0 Å². The molecule has 1 heterocycles. The van der Waals surface area contributed by atoms with Gasteiger partial charge in [-0.25, -0.2) is 0 Å². The van der Waals surface area contributed by atoms with Gasteiger partial charge in [-0.2, -0.15) is 0 Å². The number of nitrogens with one attached hydrogen (secondary N) is 1. The van der Waals surface area contributed by atoms with Crippen LogP contribution in [0.3, 0.4) is 0 Å². The van der Waals surface area contributed by atoms with Crippen LogP contribution in [0, 0.1) is 5.92 Å². The highest BCUT2D eigenvalue weighted by molar-refractivity contribution is 4.84. The molecule has 3 heteroatoms. The van der Waals surface area contributed by atoms with Crippen LogP contribution >= 0.6 is 0 Å². The Morgan fingerprint density at radius 2 is 2.19 bits per heavy atom. The molecule has 0 aliphatic carbocycles. The van der Waals surface area contributed by atoms with Gasteiger partial charge in [0.15, 0.2) is 0 Å². The van der Waals surface area contributed by atoms with Crippen molar-refractivity contribution in [3.05, 3.63) is 0 Å². The molecular formula is C13H28N2O. The predicted molar refractivity (Wildman–Crippen MR) is 68.8 cm³/mol. The van der Waals surface area contributed by atoms with E-state index < -0.39 is 0 Å². The molecular weight excluding hydrogens is 200 g/mol. The molecule has 4 atom stereocenters. The molecule has 1 aliphatic rings. The molecule has 1 N–H and O–H groups in total. The van der Waals surface area contributed by atoms with Crippen molar-refractivity contribution >= 4 is 0 Å². The molecule has 1 rings (SSSR count). The zero-order valence-corrected chi connectivity index (χ0v) is 11.5. The molecule has 0 aromatic heterocycles. The molecule has 3 nitrogen and oxygen atoms in total. The fourth-order valence-electron chi connectivity index (χ4n) is 2.59. The third-order valence-electron chi connectivity index (χ3n) is 4.09. The average molecular weight is 228 g/mol. The van der Waals surface area contributed by atoms with Gasteiger partial charge < -0.3 is 10.1 Å². The Morgan fingerprint density at radius 1 is 1.50 bits per heavy atom. The molecule has 0 aromatic carbocycles. The van der Waals surface area contributed by atoms with E-state index >= 15 is 0 Å². The molecule has 4 unspecified atom stereocenters. The number of ether oxygens (including phenoxy) is 1. The van der Waals surface area contributed by atoms with Crippen molar-refractivity contribution in [2.75, 3.05) is 27.2 Å². The summed E-state index contributed by atoms with van der Waals surface area (Å²) in [5.74, 6) is 0.727. The van der Waals surface area contributed by atoms with E-state index in [9.17, 15) is 0 Å². The van der Waals surface area contributed by atoms with Gasteiger partial charge in [0.05, 0.1) is 6.10 Å². The summed E-state index contributed by atoms with van der Waals surface area (Å²) in [5, 5.41) is 3.44. The van der Waals surface area contributed by atoms with Crippen LogP contribution in [0.1, 0.15) is 33.6 Å². The molecule has 96 valence electrons. The van der Waals surface area contributed by atoms with E-state index in [1.54, 1.807) is 0 Å². The quantitative estimate of drug-likeness (QED) is 0.749. The smallest absolute Gasteiger partial charge is 0.0702 e. The maximum Gasteiger partial charge on any atom is 0.0702 e. The lowest BCUT2D eigenvalue weighted by molar-refractivity contribution is 0.0779. The zero-order chi connectivity index (χ0) is 12.1. The fraction of sp³-hybridized carbons (Fsp3) is 1.00. The van der Waals surface area contributed by atoms with Gasteiger partial charge in [-0.3, -0.25) is 4.90 Å². The summed E-state index contributed by atoms with van der Waals surface area (Å²) in [4.78, 5) is 2.46. The maximum absolute atomic E-state index is 5.63. The Morgan fingerprint density at radius 3 is 2.62 bits per heavy atom. The Balaban J connectivity index is 2.44. The van der Waals surface area contributed by atoms with Crippen LogP contribution in [0.25, 0.3) is 0 Å². The van der Waals surface area contributed by atoms with Crippen LogP contribution in [0.15, 0.2) is 0 Å². The van der Waals surface area contributed by atoms with Crippen molar-refractivity contribution < 1.29 is 4.74 Å². The standard InChI is InChI=1S/C13H28N2O/c1-6-10(2)12(14-4)9-15(5)13-7-8-16-11(13)3/h10-14H,6-9H2,1-5H3. The minimum absolute atomic E-state index is 0.388. The Hall–Kier alpha value is -0.120. The molecule has 1 fully saturated rings. The van der Waals surface area contributed by atoms with Gasteiger partial charge in [0, 0.05) is 25.2 Å². The minimum Gasteiger partial charge on any atom is -0.377 e. The normalized spacial score (nSPS) is 29.6. The highest BCUT2D eigenvalue weighted by atomic mass is 16.5. The average Bonchev–Trinajstić information content (AvgIpc) is 2.71. The van der Waals surface area contributed by atoms with E-state index in [2.05, 4.69) is 45.1 Å². The SMILES string of the molecule is CCC(C)C(CN(C)C1CCOC1C)NC. The first-order valence-electron chi connectivity index (χ1n) is 6.59. The molecule has 1 saturated heterocycles. The van der Waals surface area contributed by atoms with Crippen molar-refractivity contribution in [1.82, 2.24) is 10.2 Å². The molecule has 16 heavy (non-hydrogen) atoms. The molecule has 0 radical (unpaired) electrons. The number of rotatable bonds is 6. The van der Waals surface area contributed by atoms with Gasteiger partial charge in [0.25, 0.3) is 0 Å². The Labute approximate surface area is 101 Å². The van der Waals surface area contributed by atoms with Crippen molar-refractivity contribution in [2.45, 2.75) is 51.8 Å². The van der Waals surface area contributed by atoms with Crippen molar-refractivity contribution in [1.29, 1.82) is 0 Å². The lowest BCUT2D eigenvalue weighted by Crippen LogP contribution is -2.47. The van der Waals surface area contributed by atoms with Crippen LogP contribution in [-0.2, 0) is 4.74 Å². The highest BCUT2D eigenvalue weighted by Crippen LogP contribution is 2.19. The summed E-state index contributed by atoms with van der Waals surface area (Å²) in [6.45, 7) is 8.80. The minimum atomic E-state index is 0.388. The summed E-state index contributed by atoms with van der Waals surface area (Å²) in [6.07, 6.45) is 2.80. The first-order valence-corrected chi connectivity index (χ1v) is 6.59. The number of nitrogens with zero attached hydrogens (tertiary/aromatic N) is 1. The van der Waals surface area contributed by atoms with E-state index in [1.165, 1.54) is 12.8 Å². The maximum atomic E-state index is 5.63. The van der Waals surface area contributed by atoms with Crippen molar-refractivity contribution in [2.24, 2.45) is 5.92 Å². The van der Waals surface area contributed by atoms with Crippen LogP contribution in [0.4, 0.5) is 0 Å². The van der Waals surface area contributed by atoms with Crippen LogP contribution in [0.2, 0.25) is 0 Å². The highest BCUT2D eigenvalue weighted by Gasteiger charge is 2.29. The van der Waals surface area contributed by atoms with Gasteiger partial charge in [-0.1, -0.05) is 20.3 Å². The fourth-order valence-corrected chi connectivity index (χ4v) is 2.59. The van der Waals surface area contributed by atoms with E-state index in [0.29, 0.717) is 18.2 Å². The summed E-state index contributed by atoms with van der Waals surface area (Å²) in [6, 6.07) is 1.18. The van der Waals surface area contributed by atoms with Gasteiger partial charge in [0.1, 0.15) is 0 Å². The van der Waals surface area contributed by atoms with Gasteiger partial charge in [0.2, 0.25) is 0 Å². The van der Waals surface area contributed by atoms with E-state index in [-0.39, 0.29) is 0 Å². The number of hydrogen-bond acceptors (Lipinski definition) is 3. The summed E-state index contributed by atoms with van der Waals surface area (Å²) >= 11 is 0. The second-order valence-electron chi connectivity index (χ2n) is 5.15. The number of likely N-dealkylation sites (N-methyl/N-ethyl adjacent to an activating group) is 2. The summed E-state index contributed by atoms with van der Waals surface area (Å²) < 4.78 is 5.63. The van der Waals surface area contributed by atoms with E-state index in [1.807, 2.05) is 0 Å². The molecule has 0 saturated carbocycles. The zero-order valence-electron chi connectivity index (χ0n) is 11.5. The van der Waals surface area contributed by atoms with Gasteiger partial charge >= 0.3 is 0 Å². The molecule has 0 spiro atoms. The number of hydrogen-bond donors (Lipinski definition) is 1. The van der Waals surface area contributed by atoms with E-state index in [0.717, 1.165) is 19.1 Å². The van der Waals surface area contributed by atoms with Crippen LogP contribution in [-0.4, -0.2) is 50.3 Å². The predicted octanol–water partition coefficient (Wildman–Crippen LogP) is 1.73. The third kappa shape index (κ3) is 3.44. The summed E-state index contributed by atoms with van der Waals surface area (Å²) in [7, 11) is 4.29. The van der Waals surface area contributed by atoms with Gasteiger partial charge in [-0.15, -0.1) is 0 Å². The first kappa shape index (κ1) is 13.9. The second-order valence-corrected chi connectivity index (χ2v) is 5.15. The largest absolute Gasteiger partial charge is 0.377 e. The van der Waals surface area contributed by atoms with Gasteiger partial charge in [-0.05, 0) is 33.4 Å². The first-order chi connectivity index (χ1) is 7.60. The lowest BCUT2D eigenvalue weighted by Gasteiger charge is -2.32. The molecule has 0 aromatic rings. The Kier molecular flexibility index (Phi) is 5.73. The molecule has 1 aliphatic heterocycles. The monoisotopic (exact) mass is 228 g/mol. The molecule has 0 bridgehead atoms.